The van der Waals surface area contributed by atoms with Gasteiger partial charge in [0.1, 0.15) is 0 Å². The van der Waals surface area contributed by atoms with E-state index in [4.69, 9.17) is 0 Å². The molecule has 2 atom stereocenters. The monoisotopic (exact) mass is 294 g/mol. The molecule has 0 radical (unpaired) electrons. The van der Waals surface area contributed by atoms with Gasteiger partial charge in [-0.1, -0.05) is 46.5 Å². The smallest absolute Gasteiger partial charge is 0.0159 e. The molecule has 0 saturated heterocycles. The molecular formula is C19H38N2. The molecule has 2 heteroatoms. The summed E-state index contributed by atoms with van der Waals surface area (Å²) in [7, 11) is 2.39. The molecule has 0 aromatic carbocycles. The van der Waals surface area contributed by atoms with Crippen LogP contribution in [0.1, 0.15) is 78.6 Å². The van der Waals surface area contributed by atoms with Gasteiger partial charge in [-0.05, 0) is 57.0 Å². The molecule has 21 heavy (non-hydrogen) atoms. The van der Waals surface area contributed by atoms with Crippen LogP contribution >= 0.6 is 0 Å². The highest BCUT2D eigenvalue weighted by Gasteiger charge is 2.41. The lowest BCUT2D eigenvalue weighted by atomic mass is 9.84. The summed E-state index contributed by atoms with van der Waals surface area (Å²) in [5.41, 5.74) is 0.476. The van der Waals surface area contributed by atoms with E-state index in [2.05, 4.69) is 38.0 Å². The fraction of sp³-hybridized carbons (Fsp3) is 1.00. The molecule has 0 aromatic rings. The quantitative estimate of drug-likeness (QED) is 0.728. The summed E-state index contributed by atoms with van der Waals surface area (Å²) in [5, 5.41) is 3.87. The van der Waals surface area contributed by atoms with Crippen LogP contribution in [0.5, 0.6) is 0 Å². The van der Waals surface area contributed by atoms with Crippen LogP contribution in [0.25, 0.3) is 0 Å². The Morgan fingerprint density at radius 3 is 2.33 bits per heavy atom. The molecule has 124 valence electrons. The Balaban J connectivity index is 1.90. The van der Waals surface area contributed by atoms with Crippen molar-refractivity contribution in [3.63, 3.8) is 0 Å². The molecule has 2 aliphatic carbocycles. The Morgan fingerprint density at radius 2 is 1.71 bits per heavy atom. The zero-order valence-corrected chi connectivity index (χ0v) is 15.0. The van der Waals surface area contributed by atoms with E-state index in [0.29, 0.717) is 11.5 Å². The summed E-state index contributed by atoms with van der Waals surface area (Å²) in [6, 6.07) is 1.56. The van der Waals surface area contributed by atoms with Crippen molar-refractivity contribution in [2.24, 2.45) is 11.3 Å². The first-order chi connectivity index (χ1) is 10.0. The van der Waals surface area contributed by atoms with Crippen LogP contribution < -0.4 is 5.32 Å². The van der Waals surface area contributed by atoms with Gasteiger partial charge in [0.25, 0.3) is 0 Å². The topological polar surface area (TPSA) is 15.3 Å². The van der Waals surface area contributed by atoms with E-state index in [1.807, 2.05) is 0 Å². The zero-order valence-electron chi connectivity index (χ0n) is 15.0. The Bertz CT molecular complexity index is 292. The number of nitrogens with zero attached hydrogens (tertiary/aromatic N) is 1. The molecule has 2 aliphatic rings. The van der Waals surface area contributed by atoms with E-state index in [1.165, 1.54) is 70.9 Å². The number of nitrogens with one attached hydrogen (secondary N) is 1. The van der Waals surface area contributed by atoms with E-state index >= 15 is 0 Å². The minimum Gasteiger partial charge on any atom is -0.313 e. The predicted molar refractivity (Wildman–Crippen MR) is 92.7 cm³/mol. The molecule has 0 heterocycles. The van der Waals surface area contributed by atoms with Crippen molar-refractivity contribution in [1.82, 2.24) is 10.2 Å². The zero-order chi connectivity index (χ0) is 15.3. The largest absolute Gasteiger partial charge is 0.313 e. The third-order valence-electron chi connectivity index (χ3n) is 6.06. The van der Waals surface area contributed by atoms with E-state index < -0.39 is 0 Å². The molecule has 1 N–H and O–H groups in total. The van der Waals surface area contributed by atoms with Crippen molar-refractivity contribution in [3.05, 3.63) is 0 Å². The van der Waals surface area contributed by atoms with Gasteiger partial charge in [-0.3, -0.25) is 0 Å². The van der Waals surface area contributed by atoms with Gasteiger partial charge in [-0.25, -0.2) is 0 Å². The standard InChI is InChI=1S/C19H38N2/c1-5-14-20-18-16(12-13-19(18,2)3)15-21(4)17-10-8-6-7-9-11-17/h16-18,20H,5-15H2,1-4H3. The molecule has 2 nitrogen and oxygen atoms in total. The Hall–Kier alpha value is -0.0800. The minimum atomic E-state index is 0.476. The van der Waals surface area contributed by atoms with E-state index in [-0.39, 0.29) is 0 Å². The molecule has 0 spiro atoms. The van der Waals surface area contributed by atoms with Gasteiger partial charge in [0.15, 0.2) is 0 Å². The average Bonchev–Trinajstić information content (AvgIpc) is 2.64. The summed E-state index contributed by atoms with van der Waals surface area (Å²) in [4.78, 5) is 2.71. The molecule has 2 saturated carbocycles. The van der Waals surface area contributed by atoms with Gasteiger partial charge < -0.3 is 10.2 Å². The molecule has 2 unspecified atom stereocenters. The maximum Gasteiger partial charge on any atom is 0.0159 e. The van der Waals surface area contributed by atoms with Gasteiger partial charge in [0.2, 0.25) is 0 Å². The maximum atomic E-state index is 3.87. The van der Waals surface area contributed by atoms with E-state index in [1.54, 1.807) is 0 Å². The summed E-state index contributed by atoms with van der Waals surface area (Å²) < 4.78 is 0. The summed E-state index contributed by atoms with van der Waals surface area (Å²) in [6.07, 6.45) is 12.7. The van der Waals surface area contributed by atoms with Crippen LogP contribution in [-0.4, -0.2) is 37.1 Å². The molecular weight excluding hydrogens is 256 g/mol. The van der Waals surface area contributed by atoms with Gasteiger partial charge in [-0.15, -0.1) is 0 Å². The number of hydrogen-bond acceptors (Lipinski definition) is 2. The van der Waals surface area contributed by atoms with Crippen molar-refractivity contribution in [2.45, 2.75) is 90.6 Å². The van der Waals surface area contributed by atoms with Gasteiger partial charge in [-0.2, -0.15) is 0 Å². The highest BCUT2D eigenvalue weighted by molar-refractivity contribution is 4.97. The van der Waals surface area contributed by atoms with Crippen molar-refractivity contribution in [2.75, 3.05) is 20.1 Å². The van der Waals surface area contributed by atoms with Crippen molar-refractivity contribution in [3.8, 4) is 0 Å². The summed E-state index contributed by atoms with van der Waals surface area (Å²) >= 11 is 0. The first kappa shape index (κ1) is 17.3. The SMILES string of the molecule is CCCNC1C(CN(C)C2CCCCCC2)CCC1(C)C. The Kier molecular flexibility index (Phi) is 6.55. The highest BCUT2D eigenvalue weighted by Crippen LogP contribution is 2.42. The molecule has 0 aromatic heterocycles. The van der Waals surface area contributed by atoms with Crippen LogP contribution in [0.2, 0.25) is 0 Å². The first-order valence-electron chi connectivity index (χ1n) is 9.48. The fourth-order valence-electron chi connectivity index (χ4n) is 4.67. The van der Waals surface area contributed by atoms with Crippen LogP contribution in [0.4, 0.5) is 0 Å². The van der Waals surface area contributed by atoms with E-state index in [0.717, 1.165) is 12.0 Å². The second-order valence-electron chi connectivity index (χ2n) is 8.30. The normalized spacial score (nSPS) is 30.7. The predicted octanol–water partition coefficient (Wildman–Crippen LogP) is 4.45. The van der Waals surface area contributed by atoms with Crippen LogP contribution in [-0.2, 0) is 0 Å². The Labute approximate surface area is 133 Å². The third-order valence-corrected chi connectivity index (χ3v) is 6.06. The minimum absolute atomic E-state index is 0.476. The van der Waals surface area contributed by atoms with Crippen molar-refractivity contribution < 1.29 is 0 Å². The van der Waals surface area contributed by atoms with E-state index in [9.17, 15) is 0 Å². The highest BCUT2D eigenvalue weighted by atomic mass is 15.1. The van der Waals surface area contributed by atoms with Gasteiger partial charge in [0.05, 0.1) is 0 Å². The van der Waals surface area contributed by atoms with Gasteiger partial charge >= 0.3 is 0 Å². The van der Waals surface area contributed by atoms with Crippen LogP contribution in [0.15, 0.2) is 0 Å². The second kappa shape index (κ2) is 7.97. The Morgan fingerprint density at radius 1 is 1.05 bits per heavy atom. The fourth-order valence-corrected chi connectivity index (χ4v) is 4.67. The molecule has 2 rings (SSSR count). The molecule has 0 aliphatic heterocycles. The third kappa shape index (κ3) is 4.69. The van der Waals surface area contributed by atoms with Gasteiger partial charge in [0, 0.05) is 18.6 Å². The maximum absolute atomic E-state index is 3.87. The summed E-state index contributed by atoms with van der Waals surface area (Å²) in [5.74, 6) is 0.847. The lowest BCUT2D eigenvalue weighted by Crippen LogP contribution is -2.47. The van der Waals surface area contributed by atoms with Crippen molar-refractivity contribution >= 4 is 0 Å². The van der Waals surface area contributed by atoms with Crippen LogP contribution in [0.3, 0.4) is 0 Å². The van der Waals surface area contributed by atoms with Crippen LogP contribution in [0, 0.1) is 11.3 Å². The average molecular weight is 295 g/mol. The molecule has 2 fully saturated rings. The number of hydrogen-bond donors (Lipinski definition) is 1. The van der Waals surface area contributed by atoms with Crippen molar-refractivity contribution in [1.29, 1.82) is 0 Å². The number of rotatable bonds is 6. The molecule has 0 amide bonds. The lowest BCUT2D eigenvalue weighted by Gasteiger charge is -2.36. The first-order valence-corrected chi connectivity index (χ1v) is 9.48. The lowest BCUT2D eigenvalue weighted by molar-refractivity contribution is 0.159. The summed E-state index contributed by atoms with van der Waals surface area (Å²) in [6.45, 7) is 9.69. The molecule has 0 bridgehead atoms. The second-order valence-corrected chi connectivity index (χ2v) is 8.30.